The zero-order chi connectivity index (χ0) is 20.4. The van der Waals surface area contributed by atoms with Gasteiger partial charge in [-0.2, -0.15) is 0 Å². The summed E-state index contributed by atoms with van der Waals surface area (Å²) < 4.78 is 12.3. The van der Waals surface area contributed by atoms with Gasteiger partial charge in [-0.3, -0.25) is 4.79 Å². The van der Waals surface area contributed by atoms with Gasteiger partial charge in [-0.15, -0.1) is 10.2 Å². The number of nitrogens with zero attached hydrogens (tertiary/aromatic N) is 3. The fraction of sp³-hybridized carbons (Fsp3) is 0.250. The van der Waals surface area contributed by atoms with E-state index in [9.17, 15) is 4.79 Å². The van der Waals surface area contributed by atoms with Crippen molar-refractivity contribution in [3.05, 3.63) is 59.9 Å². The van der Waals surface area contributed by atoms with Crippen molar-refractivity contribution in [3.63, 3.8) is 0 Å². The fourth-order valence-corrected chi connectivity index (χ4v) is 4.26. The van der Waals surface area contributed by atoms with Crippen LogP contribution in [0.2, 0.25) is 0 Å². The zero-order valence-electron chi connectivity index (χ0n) is 16.2. The number of thioether (sulfide) groups is 1. The Kier molecular flexibility index (Phi) is 5.30. The van der Waals surface area contributed by atoms with Crippen molar-refractivity contribution in [1.29, 1.82) is 0 Å². The molecule has 1 aliphatic heterocycles. The van der Waals surface area contributed by atoms with E-state index in [1.165, 1.54) is 11.8 Å². The molecule has 2 aromatic carbocycles. The minimum absolute atomic E-state index is 0.136. The van der Waals surface area contributed by atoms with E-state index < -0.39 is 5.25 Å². The number of ether oxygens (including phenoxy) is 2. The van der Waals surface area contributed by atoms with Gasteiger partial charge in [0.2, 0.25) is 11.1 Å². The van der Waals surface area contributed by atoms with Gasteiger partial charge in [-0.25, -0.2) is 4.68 Å². The van der Waals surface area contributed by atoms with Gasteiger partial charge in [0.1, 0.15) is 22.6 Å². The molecule has 1 aliphatic rings. The van der Waals surface area contributed by atoms with Crippen molar-refractivity contribution in [2.75, 3.05) is 25.0 Å². The van der Waals surface area contributed by atoms with E-state index in [2.05, 4.69) is 20.9 Å². The summed E-state index contributed by atoms with van der Waals surface area (Å²) in [5.74, 6) is 2.04. The number of hydrogen-bond donors (Lipinski definition) is 2. The van der Waals surface area contributed by atoms with E-state index in [0.29, 0.717) is 16.6 Å². The van der Waals surface area contributed by atoms with Crippen molar-refractivity contribution in [1.82, 2.24) is 14.9 Å². The molecule has 2 heterocycles. The van der Waals surface area contributed by atoms with Gasteiger partial charge in [0.15, 0.2) is 0 Å². The third kappa shape index (κ3) is 3.86. The summed E-state index contributed by atoms with van der Waals surface area (Å²) in [6.45, 7) is 1.87. The predicted octanol–water partition coefficient (Wildman–Crippen LogP) is 3.00. The molecule has 0 unspecified atom stereocenters. The minimum atomic E-state index is -0.453. The van der Waals surface area contributed by atoms with Crippen molar-refractivity contribution in [3.8, 4) is 11.5 Å². The number of nitrogens with one attached hydrogen (secondary N) is 2. The largest absolute Gasteiger partial charge is 0.497 e. The Morgan fingerprint density at radius 1 is 1.10 bits per heavy atom. The number of aryl methyl sites for hydroxylation is 1. The maximum absolute atomic E-state index is 13.2. The first kappa shape index (κ1) is 19.1. The molecule has 4 rings (SSSR count). The van der Waals surface area contributed by atoms with Gasteiger partial charge >= 0.3 is 0 Å². The fourth-order valence-electron chi connectivity index (χ4n) is 3.14. The molecule has 0 saturated carbocycles. The van der Waals surface area contributed by atoms with E-state index in [0.717, 1.165) is 17.1 Å². The molecule has 0 spiro atoms. The molecule has 0 aliphatic carbocycles. The summed E-state index contributed by atoms with van der Waals surface area (Å²) in [5, 5.41) is 11.5. The normalized spacial score (nSPS) is 17.8. The van der Waals surface area contributed by atoms with Crippen LogP contribution in [0.1, 0.15) is 17.4 Å². The molecule has 1 aromatic heterocycles. The lowest BCUT2D eigenvalue weighted by Gasteiger charge is -2.32. The lowest BCUT2D eigenvalue weighted by molar-refractivity contribution is -0.116. The van der Waals surface area contributed by atoms with Crippen molar-refractivity contribution >= 4 is 23.4 Å². The second kappa shape index (κ2) is 8.04. The van der Waals surface area contributed by atoms with Crippen LogP contribution in [0.5, 0.6) is 11.5 Å². The van der Waals surface area contributed by atoms with Crippen LogP contribution >= 0.6 is 11.8 Å². The minimum Gasteiger partial charge on any atom is -0.497 e. The molecular formula is C20H21N5O3S. The highest BCUT2D eigenvalue weighted by Crippen LogP contribution is 2.38. The average molecular weight is 411 g/mol. The Morgan fingerprint density at radius 3 is 2.59 bits per heavy atom. The van der Waals surface area contributed by atoms with Crippen LogP contribution in [-0.2, 0) is 4.79 Å². The number of aromatic nitrogens is 3. The third-order valence-corrected chi connectivity index (χ3v) is 5.88. The number of hydrogen-bond acceptors (Lipinski definition) is 7. The number of benzene rings is 2. The van der Waals surface area contributed by atoms with Crippen LogP contribution in [-0.4, -0.2) is 40.3 Å². The molecule has 0 radical (unpaired) electrons. The number of fused-ring (bicyclic) bond motifs is 1. The van der Waals surface area contributed by atoms with Crippen molar-refractivity contribution < 1.29 is 14.3 Å². The number of anilines is 1. The van der Waals surface area contributed by atoms with Gasteiger partial charge in [0.25, 0.3) is 0 Å². The summed E-state index contributed by atoms with van der Waals surface area (Å²) in [7, 11) is 3.22. The summed E-state index contributed by atoms with van der Waals surface area (Å²) >= 11 is 1.38. The highest BCUT2D eigenvalue weighted by molar-refractivity contribution is 8.00. The number of carbonyl (C=O) groups excluding carboxylic acids is 1. The van der Waals surface area contributed by atoms with Gasteiger partial charge in [0.05, 0.1) is 20.3 Å². The number of carbonyl (C=O) groups is 1. The number of amides is 1. The maximum atomic E-state index is 13.2. The van der Waals surface area contributed by atoms with Crippen molar-refractivity contribution in [2.24, 2.45) is 0 Å². The average Bonchev–Trinajstić information content (AvgIpc) is 3.13. The number of rotatable bonds is 5. The summed E-state index contributed by atoms with van der Waals surface area (Å²) in [6.07, 6.45) is 0. The molecule has 8 nitrogen and oxygen atoms in total. The Bertz CT molecular complexity index is 1020. The van der Waals surface area contributed by atoms with E-state index in [1.54, 1.807) is 20.3 Å². The Morgan fingerprint density at radius 2 is 1.86 bits per heavy atom. The SMILES string of the molecule is COc1ccc([C@H]2Nn3c(C)nnc3S[C@@H]2C(=O)Nc2cccc(OC)c2)cc1. The van der Waals surface area contributed by atoms with Crippen LogP contribution < -0.4 is 20.2 Å². The first-order chi connectivity index (χ1) is 14.1. The maximum Gasteiger partial charge on any atom is 0.240 e. The monoisotopic (exact) mass is 411 g/mol. The van der Waals surface area contributed by atoms with Gasteiger partial charge in [-0.05, 0) is 36.8 Å². The Balaban J connectivity index is 1.64. The molecule has 150 valence electrons. The summed E-state index contributed by atoms with van der Waals surface area (Å²) in [6, 6.07) is 14.7. The summed E-state index contributed by atoms with van der Waals surface area (Å²) in [4.78, 5) is 13.2. The van der Waals surface area contributed by atoms with Crippen LogP contribution in [0, 0.1) is 6.92 Å². The standard InChI is InChI=1S/C20H21N5O3S/c1-12-22-23-20-25(12)24-17(13-7-9-15(27-2)10-8-13)18(29-20)19(26)21-14-5-4-6-16(11-14)28-3/h4-11,17-18,24H,1-3H3,(H,21,26)/t17-,18+/m1/s1. The van der Waals surface area contributed by atoms with E-state index >= 15 is 0 Å². The molecule has 0 bridgehead atoms. The van der Waals surface area contributed by atoms with E-state index in [-0.39, 0.29) is 11.9 Å². The van der Waals surface area contributed by atoms with Gasteiger partial charge in [-0.1, -0.05) is 30.0 Å². The highest BCUT2D eigenvalue weighted by atomic mass is 32.2. The second-order valence-electron chi connectivity index (χ2n) is 6.50. The first-order valence-corrected chi connectivity index (χ1v) is 9.91. The second-order valence-corrected chi connectivity index (χ2v) is 7.61. The molecule has 1 amide bonds. The summed E-state index contributed by atoms with van der Waals surface area (Å²) in [5.41, 5.74) is 5.02. The van der Waals surface area contributed by atoms with Gasteiger partial charge < -0.3 is 20.2 Å². The van der Waals surface area contributed by atoms with Crippen LogP contribution in [0.15, 0.2) is 53.7 Å². The predicted molar refractivity (Wildman–Crippen MR) is 111 cm³/mol. The molecular weight excluding hydrogens is 390 g/mol. The van der Waals surface area contributed by atoms with E-state index in [1.807, 2.05) is 54.1 Å². The van der Waals surface area contributed by atoms with Crippen LogP contribution in [0.4, 0.5) is 5.69 Å². The number of methoxy groups -OCH3 is 2. The third-order valence-electron chi connectivity index (χ3n) is 4.67. The molecule has 2 N–H and O–H groups in total. The molecule has 29 heavy (non-hydrogen) atoms. The zero-order valence-corrected chi connectivity index (χ0v) is 17.1. The topological polar surface area (TPSA) is 90.3 Å². The molecule has 2 atom stereocenters. The first-order valence-electron chi connectivity index (χ1n) is 9.03. The Hall–Kier alpha value is -3.20. The lowest BCUT2D eigenvalue weighted by atomic mass is 10.0. The molecule has 9 heteroatoms. The van der Waals surface area contributed by atoms with Gasteiger partial charge in [0, 0.05) is 11.8 Å². The lowest BCUT2D eigenvalue weighted by Crippen LogP contribution is -2.41. The quantitative estimate of drug-likeness (QED) is 0.667. The molecule has 3 aromatic rings. The molecule has 0 fully saturated rings. The molecule has 0 saturated heterocycles. The van der Waals surface area contributed by atoms with Crippen LogP contribution in [0.25, 0.3) is 0 Å². The highest BCUT2D eigenvalue weighted by Gasteiger charge is 2.37. The van der Waals surface area contributed by atoms with Crippen molar-refractivity contribution in [2.45, 2.75) is 23.4 Å². The smallest absolute Gasteiger partial charge is 0.240 e. The van der Waals surface area contributed by atoms with E-state index in [4.69, 9.17) is 9.47 Å². The van der Waals surface area contributed by atoms with Crippen LogP contribution in [0.3, 0.4) is 0 Å². The Labute approximate surface area is 172 Å².